The van der Waals surface area contributed by atoms with Gasteiger partial charge < -0.3 is 0 Å². The third-order valence-corrected chi connectivity index (χ3v) is 4.19. The molecule has 1 atom stereocenters. The van der Waals surface area contributed by atoms with E-state index in [4.69, 9.17) is 0 Å². The van der Waals surface area contributed by atoms with Crippen molar-refractivity contribution in [3.63, 3.8) is 0 Å². The van der Waals surface area contributed by atoms with E-state index in [2.05, 4.69) is 6.58 Å². The number of nitrogens with zero attached hydrogens (tertiary/aromatic N) is 1. The van der Waals surface area contributed by atoms with Gasteiger partial charge in [-0.2, -0.15) is 0 Å². The summed E-state index contributed by atoms with van der Waals surface area (Å²) in [5, 5.41) is 8.82. The molecule has 0 radical (unpaired) electrons. The third-order valence-electron chi connectivity index (χ3n) is 2.19. The maximum atomic E-state index is 11.7. The normalized spacial score (nSPS) is 13.1. The van der Waals surface area contributed by atoms with Crippen LogP contribution in [0, 0.1) is 10.1 Å². The van der Waals surface area contributed by atoms with Gasteiger partial charge in [-0.3, -0.25) is 10.1 Å². The second-order valence-electron chi connectivity index (χ2n) is 3.20. The van der Waals surface area contributed by atoms with Crippen LogP contribution in [0.5, 0.6) is 0 Å². The summed E-state index contributed by atoms with van der Waals surface area (Å²) >= 11 is 0. The Labute approximate surface area is 93.5 Å². The number of hydrogen-bond acceptors (Lipinski definition) is 4. The Balaban J connectivity index is 3.17. The molecule has 0 bridgehead atoms. The van der Waals surface area contributed by atoms with Crippen LogP contribution in [-0.2, 0) is 9.84 Å². The summed E-state index contributed by atoms with van der Waals surface area (Å²) in [5.41, 5.74) is 0.757. The van der Waals surface area contributed by atoms with Crippen molar-refractivity contribution in [3.8, 4) is 0 Å². The molecule has 6 heteroatoms. The Morgan fingerprint density at radius 3 is 2.25 bits per heavy atom. The van der Waals surface area contributed by atoms with Gasteiger partial charge in [-0.25, -0.2) is 8.42 Å². The highest BCUT2D eigenvalue weighted by Gasteiger charge is 2.32. The lowest BCUT2D eigenvalue weighted by atomic mass is 10.2. The van der Waals surface area contributed by atoms with Crippen molar-refractivity contribution in [3.05, 3.63) is 46.5 Å². The molecule has 0 spiro atoms. The van der Waals surface area contributed by atoms with Gasteiger partial charge in [0, 0.05) is 11.8 Å². The number of rotatable bonds is 4. The molecule has 0 fully saturated rings. The fourth-order valence-corrected chi connectivity index (χ4v) is 2.24. The van der Waals surface area contributed by atoms with Crippen LogP contribution in [0.2, 0.25) is 0 Å². The molecule has 0 aliphatic heterocycles. The Morgan fingerprint density at radius 2 is 1.88 bits per heavy atom. The molecular formula is C10H11NO4S. The van der Waals surface area contributed by atoms with Crippen LogP contribution in [0.15, 0.2) is 35.7 Å². The molecule has 0 aliphatic rings. The first-order valence-corrected chi connectivity index (χ1v) is 6.04. The highest BCUT2D eigenvalue weighted by molar-refractivity contribution is 7.91. The molecular weight excluding hydrogens is 230 g/mol. The summed E-state index contributed by atoms with van der Waals surface area (Å²) in [7, 11) is -3.90. The highest BCUT2D eigenvalue weighted by Crippen LogP contribution is 2.17. The van der Waals surface area contributed by atoms with Crippen molar-refractivity contribution in [1.82, 2.24) is 0 Å². The van der Waals surface area contributed by atoms with Crippen LogP contribution < -0.4 is 0 Å². The van der Waals surface area contributed by atoms with Gasteiger partial charge in [0.15, 0.2) is 0 Å². The van der Waals surface area contributed by atoms with Gasteiger partial charge in [0.05, 0.1) is 4.90 Å². The predicted octanol–water partition coefficient (Wildman–Crippen LogP) is 1.73. The monoisotopic (exact) mass is 241 g/mol. The third kappa shape index (κ3) is 2.27. The van der Waals surface area contributed by atoms with Gasteiger partial charge in [-0.1, -0.05) is 24.8 Å². The number of hydrogen-bond donors (Lipinski definition) is 0. The molecule has 1 aromatic carbocycles. The standard InChI is InChI=1S/C10H11NO4S/c1-3-9-4-6-10(7-5-9)16(14,15)8(2)11(12)13/h3-8H,1H2,2H3. The molecule has 0 N–H and O–H groups in total. The molecule has 5 nitrogen and oxygen atoms in total. The van der Waals surface area contributed by atoms with Crippen LogP contribution in [-0.4, -0.2) is 18.7 Å². The first-order chi connectivity index (χ1) is 7.39. The average molecular weight is 241 g/mol. The zero-order valence-corrected chi connectivity index (χ0v) is 9.48. The Kier molecular flexibility index (Phi) is 3.44. The van der Waals surface area contributed by atoms with Crippen LogP contribution in [0.3, 0.4) is 0 Å². The lowest BCUT2D eigenvalue weighted by Crippen LogP contribution is -2.26. The van der Waals surface area contributed by atoms with Gasteiger partial charge in [0.25, 0.3) is 0 Å². The van der Waals surface area contributed by atoms with E-state index >= 15 is 0 Å². The molecule has 0 saturated heterocycles. The molecule has 1 aromatic rings. The van der Waals surface area contributed by atoms with Crippen molar-refractivity contribution >= 4 is 15.9 Å². The van der Waals surface area contributed by atoms with Gasteiger partial charge in [-0.05, 0) is 17.7 Å². The molecule has 1 unspecified atom stereocenters. The van der Waals surface area contributed by atoms with Gasteiger partial charge >= 0.3 is 5.37 Å². The Hall–Kier alpha value is -1.69. The second-order valence-corrected chi connectivity index (χ2v) is 5.45. The van der Waals surface area contributed by atoms with Crippen molar-refractivity contribution in [1.29, 1.82) is 0 Å². The highest BCUT2D eigenvalue weighted by atomic mass is 32.2. The molecule has 0 aliphatic carbocycles. The number of sulfone groups is 1. The minimum atomic E-state index is -3.90. The average Bonchev–Trinajstić information content (AvgIpc) is 2.28. The SMILES string of the molecule is C=Cc1ccc(S(=O)(=O)C(C)[N+](=O)[O-])cc1. The fraction of sp³-hybridized carbons (Fsp3) is 0.200. The predicted molar refractivity (Wildman–Crippen MR) is 60.2 cm³/mol. The van der Waals surface area contributed by atoms with Gasteiger partial charge in [-0.15, -0.1) is 0 Å². The topological polar surface area (TPSA) is 77.3 Å². The summed E-state index contributed by atoms with van der Waals surface area (Å²) < 4.78 is 23.4. The summed E-state index contributed by atoms with van der Waals surface area (Å²) in [6.07, 6.45) is 1.56. The molecule has 86 valence electrons. The van der Waals surface area contributed by atoms with Gasteiger partial charge in [0.1, 0.15) is 0 Å². The zero-order chi connectivity index (χ0) is 12.3. The first-order valence-electron chi connectivity index (χ1n) is 4.49. The van der Waals surface area contributed by atoms with Crippen molar-refractivity contribution in [2.45, 2.75) is 17.2 Å². The fourth-order valence-electron chi connectivity index (χ4n) is 1.10. The van der Waals surface area contributed by atoms with E-state index in [1.54, 1.807) is 18.2 Å². The maximum Gasteiger partial charge on any atom is 0.311 e. The van der Waals surface area contributed by atoms with E-state index in [0.717, 1.165) is 12.5 Å². The summed E-state index contributed by atoms with van der Waals surface area (Å²) in [6, 6.07) is 5.78. The minimum Gasteiger partial charge on any atom is -0.263 e. The van der Waals surface area contributed by atoms with Crippen molar-refractivity contribution in [2.75, 3.05) is 0 Å². The zero-order valence-electron chi connectivity index (χ0n) is 8.66. The van der Waals surface area contributed by atoms with E-state index < -0.39 is 20.1 Å². The maximum absolute atomic E-state index is 11.7. The van der Waals surface area contributed by atoms with E-state index in [1.807, 2.05) is 0 Å². The molecule has 0 amide bonds. The first kappa shape index (κ1) is 12.4. The van der Waals surface area contributed by atoms with Crippen LogP contribution in [0.1, 0.15) is 12.5 Å². The largest absolute Gasteiger partial charge is 0.311 e. The second kappa shape index (κ2) is 4.44. The molecule has 0 aromatic heterocycles. The lowest BCUT2D eigenvalue weighted by Gasteiger charge is -2.06. The van der Waals surface area contributed by atoms with Crippen molar-refractivity contribution < 1.29 is 13.3 Å². The summed E-state index contributed by atoms with van der Waals surface area (Å²) in [5.74, 6) is 0. The molecule has 0 saturated carbocycles. The van der Waals surface area contributed by atoms with Crippen molar-refractivity contribution in [2.24, 2.45) is 0 Å². The Morgan fingerprint density at radius 1 is 1.38 bits per heavy atom. The van der Waals surface area contributed by atoms with E-state index in [0.29, 0.717) is 0 Å². The van der Waals surface area contributed by atoms with Crippen LogP contribution >= 0.6 is 0 Å². The molecule has 1 rings (SSSR count). The van der Waals surface area contributed by atoms with Crippen LogP contribution in [0.4, 0.5) is 0 Å². The van der Waals surface area contributed by atoms with Gasteiger partial charge in [0.2, 0.25) is 9.84 Å². The van der Waals surface area contributed by atoms with E-state index in [1.165, 1.54) is 12.1 Å². The molecule has 16 heavy (non-hydrogen) atoms. The number of nitro groups is 1. The summed E-state index contributed by atoms with van der Waals surface area (Å²) in [4.78, 5) is 9.58. The van der Waals surface area contributed by atoms with E-state index in [9.17, 15) is 18.5 Å². The lowest BCUT2D eigenvalue weighted by molar-refractivity contribution is -0.493. The Bertz CT molecular complexity index is 504. The summed E-state index contributed by atoms with van der Waals surface area (Å²) in [6.45, 7) is 4.58. The van der Waals surface area contributed by atoms with E-state index in [-0.39, 0.29) is 4.90 Å². The molecule has 0 heterocycles. The minimum absolute atomic E-state index is 0.0534. The smallest absolute Gasteiger partial charge is 0.263 e. The quantitative estimate of drug-likeness (QED) is 0.594. The van der Waals surface area contributed by atoms with Crippen LogP contribution in [0.25, 0.3) is 6.08 Å². The number of benzene rings is 1.